The maximum absolute atomic E-state index is 6.01. The highest BCUT2D eigenvalue weighted by molar-refractivity contribution is 9.10. The zero-order chi connectivity index (χ0) is 11.0. The molecule has 0 atom stereocenters. The smallest absolute Gasteiger partial charge is 0.0868 e. The Morgan fingerprint density at radius 2 is 2.07 bits per heavy atom. The predicted molar refractivity (Wildman–Crippen MR) is 68.0 cm³/mol. The number of halogens is 1. The summed E-state index contributed by atoms with van der Waals surface area (Å²) in [5.74, 6) is 0. The lowest BCUT2D eigenvalue weighted by molar-refractivity contribution is 1.06. The number of nitrogens with two attached hydrogens (primary N) is 1. The highest BCUT2D eigenvalue weighted by Crippen LogP contribution is 2.28. The van der Waals surface area contributed by atoms with Crippen molar-refractivity contribution >= 4 is 32.5 Å². The summed E-state index contributed by atoms with van der Waals surface area (Å²) in [5.41, 5.74) is 9.99. The molecule has 0 saturated carbocycles. The second kappa shape index (κ2) is 3.81. The van der Waals surface area contributed by atoms with Crippen LogP contribution in [0.5, 0.6) is 0 Å². The molecule has 0 amide bonds. The molecule has 0 bridgehead atoms. The summed E-state index contributed by atoms with van der Waals surface area (Å²) in [5, 5.41) is 1.03. The van der Waals surface area contributed by atoms with Crippen LogP contribution in [-0.4, -0.2) is 4.98 Å². The molecule has 0 saturated heterocycles. The first kappa shape index (κ1) is 10.4. The molecule has 0 fully saturated rings. The van der Waals surface area contributed by atoms with Gasteiger partial charge in [-0.2, -0.15) is 0 Å². The van der Waals surface area contributed by atoms with Crippen molar-refractivity contribution in [3.05, 3.63) is 33.9 Å². The van der Waals surface area contributed by atoms with E-state index in [9.17, 15) is 0 Å². The number of fused-ring (bicyclic) bond motifs is 1. The van der Waals surface area contributed by atoms with Crippen LogP contribution in [0.4, 0.5) is 5.69 Å². The average Bonchev–Trinajstić information content (AvgIpc) is 2.19. The van der Waals surface area contributed by atoms with E-state index in [2.05, 4.69) is 46.9 Å². The third-order valence-electron chi connectivity index (χ3n) is 2.46. The highest BCUT2D eigenvalue weighted by atomic mass is 79.9. The molecule has 0 aliphatic carbocycles. The topological polar surface area (TPSA) is 38.9 Å². The van der Waals surface area contributed by atoms with Crippen molar-refractivity contribution in [2.75, 3.05) is 5.73 Å². The zero-order valence-corrected chi connectivity index (χ0v) is 10.4. The van der Waals surface area contributed by atoms with E-state index in [1.165, 1.54) is 5.56 Å². The summed E-state index contributed by atoms with van der Waals surface area (Å²) < 4.78 is 1.01. The van der Waals surface area contributed by atoms with E-state index in [1.54, 1.807) is 0 Å². The van der Waals surface area contributed by atoms with Crippen molar-refractivity contribution in [1.82, 2.24) is 4.98 Å². The van der Waals surface area contributed by atoms with E-state index in [4.69, 9.17) is 5.73 Å². The number of nitrogen functional groups attached to an aromatic ring is 1. The fourth-order valence-electron chi connectivity index (χ4n) is 1.68. The molecule has 2 N–H and O–H groups in total. The summed E-state index contributed by atoms with van der Waals surface area (Å²) in [7, 11) is 0. The molecule has 78 valence electrons. The summed E-state index contributed by atoms with van der Waals surface area (Å²) in [4.78, 5) is 4.57. The van der Waals surface area contributed by atoms with Crippen molar-refractivity contribution in [2.45, 2.75) is 20.3 Å². The minimum Gasteiger partial charge on any atom is -0.398 e. The minimum atomic E-state index is 0.807. The lowest BCUT2D eigenvalue weighted by atomic mass is 10.1. The van der Waals surface area contributed by atoms with E-state index < -0.39 is 0 Å². The standard InChI is InChI=1S/C12H13BrN2/c1-3-8-6-11(14)9-4-7(2)5-10(13)12(9)15-8/h4-6H,3H2,1-2H3,(H2,14,15). The molecule has 2 rings (SSSR count). The van der Waals surface area contributed by atoms with Gasteiger partial charge in [-0.05, 0) is 53.0 Å². The summed E-state index contributed by atoms with van der Waals surface area (Å²) in [6.45, 7) is 4.13. The van der Waals surface area contributed by atoms with Gasteiger partial charge in [0.15, 0.2) is 0 Å². The quantitative estimate of drug-likeness (QED) is 0.857. The fourth-order valence-corrected chi connectivity index (χ4v) is 2.35. The van der Waals surface area contributed by atoms with Crippen LogP contribution in [0, 0.1) is 6.92 Å². The van der Waals surface area contributed by atoms with Crippen LogP contribution in [0.2, 0.25) is 0 Å². The maximum atomic E-state index is 6.01. The van der Waals surface area contributed by atoms with E-state index in [0.29, 0.717) is 0 Å². The van der Waals surface area contributed by atoms with Crippen LogP contribution < -0.4 is 5.73 Å². The van der Waals surface area contributed by atoms with Gasteiger partial charge in [0.25, 0.3) is 0 Å². The molecule has 2 nitrogen and oxygen atoms in total. The third kappa shape index (κ3) is 1.84. The molecule has 0 aliphatic rings. The van der Waals surface area contributed by atoms with Gasteiger partial charge < -0.3 is 5.73 Å². The molecule has 1 aromatic carbocycles. The molecular formula is C12H13BrN2. The second-order valence-electron chi connectivity index (χ2n) is 3.70. The van der Waals surface area contributed by atoms with E-state index in [0.717, 1.165) is 33.2 Å². The number of benzene rings is 1. The van der Waals surface area contributed by atoms with Crippen LogP contribution in [0.25, 0.3) is 10.9 Å². The molecule has 0 radical (unpaired) electrons. The zero-order valence-electron chi connectivity index (χ0n) is 8.84. The molecular weight excluding hydrogens is 252 g/mol. The van der Waals surface area contributed by atoms with E-state index in [1.807, 2.05) is 6.07 Å². The van der Waals surface area contributed by atoms with Gasteiger partial charge in [0.1, 0.15) is 0 Å². The maximum Gasteiger partial charge on any atom is 0.0868 e. The Morgan fingerprint density at radius 3 is 2.73 bits per heavy atom. The van der Waals surface area contributed by atoms with Crippen molar-refractivity contribution in [3.63, 3.8) is 0 Å². The lowest BCUT2D eigenvalue weighted by Crippen LogP contribution is -1.95. The van der Waals surface area contributed by atoms with Crippen molar-refractivity contribution in [3.8, 4) is 0 Å². The van der Waals surface area contributed by atoms with Gasteiger partial charge in [0.05, 0.1) is 5.52 Å². The van der Waals surface area contributed by atoms with Gasteiger partial charge in [-0.3, -0.25) is 4.98 Å². The number of anilines is 1. The van der Waals surface area contributed by atoms with Crippen LogP contribution in [0.15, 0.2) is 22.7 Å². The first-order valence-electron chi connectivity index (χ1n) is 4.97. The molecule has 2 aromatic rings. The monoisotopic (exact) mass is 264 g/mol. The highest BCUT2D eigenvalue weighted by Gasteiger charge is 2.06. The molecule has 3 heteroatoms. The van der Waals surface area contributed by atoms with Crippen molar-refractivity contribution in [1.29, 1.82) is 0 Å². The summed E-state index contributed by atoms with van der Waals surface area (Å²) in [6.07, 6.45) is 0.903. The van der Waals surface area contributed by atoms with Crippen LogP contribution >= 0.6 is 15.9 Å². The molecule has 15 heavy (non-hydrogen) atoms. The van der Waals surface area contributed by atoms with Crippen molar-refractivity contribution < 1.29 is 0 Å². The Balaban J connectivity index is 2.85. The fraction of sp³-hybridized carbons (Fsp3) is 0.250. The third-order valence-corrected chi connectivity index (χ3v) is 3.06. The van der Waals surface area contributed by atoms with Gasteiger partial charge >= 0.3 is 0 Å². The number of rotatable bonds is 1. The van der Waals surface area contributed by atoms with Gasteiger partial charge in [-0.15, -0.1) is 0 Å². The first-order chi connectivity index (χ1) is 7.11. The Bertz CT molecular complexity index is 521. The van der Waals surface area contributed by atoms with Crippen LogP contribution in [-0.2, 0) is 6.42 Å². The number of aryl methyl sites for hydroxylation is 2. The molecule has 0 aliphatic heterocycles. The number of hydrogen-bond acceptors (Lipinski definition) is 2. The molecule has 1 aromatic heterocycles. The predicted octanol–water partition coefficient (Wildman–Crippen LogP) is 3.45. The Hall–Kier alpha value is -1.09. The van der Waals surface area contributed by atoms with Crippen molar-refractivity contribution in [2.24, 2.45) is 0 Å². The van der Waals surface area contributed by atoms with E-state index >= 15 is 0 Å². The number of nitrogens with zero attached hydrogens (tertiary/aromatic N) is 1. The van der Waals surface area contributed by atoms with E-state index in [-0.39, 0.29) is 0 Å². The van der Waals surface area contributed by atoms with Crippen LogP contribution in [0.1, 0.15) is 18.2 Å². The lowest BCUT2D eigenvalue weighted by Gasteiger charge is -2.07. The largest absolute Gasteiger partial charge is 0.398 e. The Morgan fingerprint density at radius 1 is 1.33 bits per heavy atom. The number of aromatic nitrogens is 1. The second-order valence-corrected chi connectivity index (χ2v) is 4.55. The van der Waals surface area contributed by atoms with Gasteiger partial charge in [-0.1, -0.05) is 6.92 Å². The van der Waals surface area contributed by atoms with Crippen LogP contribution in [0.3, 0.4) is 0 Å². The normalized spacial score (nSPS) is 10.9. The molecule has 1 heterocycles. The number of pyridine rings is 1. The SMILES string of the molecule is CCc1cc(N)c2cc(C)cc(Br)c2n1. The Labute approximate surface area is 97.6 Å². The summed E-state index contributed by atoms with van der Waals surface area (Å²) in [6, 6.07) is 6.09. The summed E-state index contributed by atoms with van der Waals surface area (Å²) >= 11 is 3.53. The minimum absolute atomic E-state index is 0.807. The van der Waals surface area contributed by atoms with Gasteiger partial charge in [-0.25, -0.2) is 0 Å². The average molecular weight is 265 g/mol. The Kier molecular flexibility index (Phi) is 2.65. The molecule has 0 spiro atoms. The van der Waals surface area contributed by atoms with Gasteiger partial charge in [0.2, 0.25) is 0 Å². The molecule has 0 unspecified atom stereocenters. The van der Waals surface area contributed by atoms with Gasteiger partial charge in [0, 0.05) is 21.2 Å². The first-order valence-corrected chi connectivity index (χ1v) is 5.76. The number of hydrogen-bond donors (Lipinski definition) is 1.